The third-order valence-electron chi connectivity index (χ3n) is 4.70. The topological polar surface area (TPSA) is 49.4 Å². The maximum absolute atomic E-state index is 13.1. The Balaban J connectivity index is 1.73. The smallest absolute Gasteiger partial charge is 0.254 e. The van der Waals surface area contributed by atoms with Crippen molar-refractivity contribution in [2.24, 2.45) is 5.92 Å². The van der Waals surface area contributed by atoms with Crippen LogP contribution >= 0.6 is 11.3 Å². The van der Waals surface area contributed by atoms with Crippen molar-refractivity contribution < 1.29 is 9.59 Å². The lowest BCUT2D eigenvalue weighted by Crippen LogP contribution is -2.46. The summed E-state index contributed by atoms with van der Waals surface area (Å²) in [5.74, 6) is -0.0110. The fourth-order valence-electron chi connectivity index (χ4n) is 3.43. The first kappa shape index (κ1) is 18.6. The van der Waals surface area contributed by atoms with Gasteiger partial charge in [-0.2, -0.15) is 0 Å². The molecule has 1 fully saturated rings. The zero-order valence-corrected chi connectivity index (χ0v) is 16.2. The lowest BCUT2D eigenvalue weighted by molar-refractivity contribution is -0.126. The van der Waals surface area contributed by atoms with Crippen LogP contribution in [0.4, 0.5) is 0 Å². The lowest BCUT2D eigenvalue weighted by Gasteiger charge is -2.33. The van der Waals surface area contributed by atoms with E-state index in [0.717, 1.165) is 36.9 Å². The van der Waals surface area contributed by atoms with Gasteiger partial charge in [-0.1, -0.05) is 24.3 Å². The van der Waals surface area contributed by atoms with E-state index in [1.165, 1.54) is 4.88 Å². The van der Waals surface area contributed by atoms with Gasteiger partial charge >= 0.3 is 0 Å². The molecule has 3 rings (SSSR count). The molecule has 138 valence electrons. The summed E-state index contributed by atoms with van der Waals surface area (Å²) in [5.41, 5.74) is 1.81. The number of likely N-dealkylation sites (tertiary alicyclic amines) is 1. The van der Waals surface area contributed by atoms with Gasteiger partial charge < -0.3 is 10.2 Å². The van der Waals surface area contributed by atoms with Gasteiger partial charge in [-0.25, -0.2) is 0 Å². The van der Waals surface area contributed by atoms with Crippen molar-refractivity contribution in [2.75, 3.05) is 13.1 Å². The zero-order valence-electron chi connectivity index (χ0n) is 15.4. The second-order valence-corrected chi connectivity index (χ2v) is 8.20. The van der Waals surface area contributed by atoms with E-state index in [2.05, 4.69) is 16.8 Å². The van der Waals surface area contributed by atoms with Crippen LogP contribution in [0.25, 0.3) is 0 Å². The van der Waals surface area contributed by atoms with Gasteiger partial charge in [0.2, 0.25) is 5.91 Å². The summed E-state index contributed by atoms with van der Waals surface area (Å²) >= 11 is 1.71. The molecular weight excluding hydrogens is 344 g/mol. The highest BCUT2D eigenvalue weighted by Gasteiger charge is 2.29. The molecule has 4 nitrogen and oxygen atoms in total. The predicted octanol–water partition coefficient (Wildman–Crippen LogP) is 3.72. The molecule has 1 aliphatic rings. The van der Waals surface area contributed by atoms with Gasteiger partial charge in [0.1, 0.15) is 0 Å². The average molecular weight is 371 g/mol. The van der Waals surface area contributed by atoms with Gasteiger partial charge in [-0.3, -0.25) is 9.59 Å². The summed E-state index contributed by atoms with van der Waals surface area (Å²) in [5, 5.41) is 5.04. The summed E-state index contributed by atoms with van der Waals surface area (Å²) in [6.07, 6.45) is 2.48. The fourth-order valence-corrected chi connectivity index (χ4v) is 4.16. The molecule has 2 aromatic rings. The molecule has 2 amide bonds. The molecule has 5 heteroatoms. The molecule has 26 heavy (non-hydrogen) atoms. The van der Waals surface area contributed by atoms with E-state index >= 15 is 0 Å². The molecule has 1 saturated heterocycles. The molecule has 0 bridgehead atoms. The normalized spacial score (nSPS) is 17.3. The second kappa shape index (κ2) is 8.49. The van der Waals surface area contributed by atoms with Crippen molar-refractivity contribution in [1.29, 1.82) is 0 Å². The van der Waals surface area contributed by atoms with E-state index in [1.54, 1.807) is 11.3 Å². The van der Waals surface area contributed by atoms with Crippen LogP contribution in [0.5, 0.6) is 0 Å². The highest BCUT2D eigenvalue weighted by Crippen LogP contribution is 2.23. The number of nitrogens with one attached hydrogen (secondary N) is 1. The Morgan fingerprint density at radius 1 is 1.23 bits per heavy atom. The Morgan fingerprint density at radius 3 is 2.77 bits per heavy atom. The molecule has 0 radical (unpaired) electrons. The number of benzene rings is 1. The summed E-state index contributed by atoms with van der Waals surface area (Å²) in [6.45, 7) is 5.15. The standard InChI is InChI=1S/C21H26N2O2S/c1-15(2)22-20(24)17-8-5-11-23(14-17)21(25)19-10-4-3-7-16(19)13-18-9-6-12-26-18/h3-4,6-7,9-10,12,15,17H,5,8,11,13-14H2,1-2H3,(H,22,24). The molecule has 0 spiro atoms. The van der Waals surface area contributed by atoms with E-state index in [9.17, 15) is 9.59 Å². The fraction of sp³-hybridized carbons (Fsp3) is 0.429. The Hall–Kier alpha value is -2.14. The number of hydrogen-bond acceptors (Lipinski definition) is 3. The first-order chi connectivity index (χ1) is 12.5. The third-order valence-corrected chi connectivity index (χ3v) is 5.58. The molecule has 2 heterocycles. The van der Waals surface area contributed by atoms with Gasteiger partial charge in [-0.15, -0.1) is 11.3 Å². The SMILES string of the molecule is CC(C)NC(=O)C1CCCN(C(=O)c2ccccc2Cc2cccs2)C1. The van der Waals surface area contributed by atoms with Crippen LogP contribution in [0, 0.1) is 5.92 Å². The maximum Gasteiger partial charge on any atom is 0.254 e. The number of hydrogen-bond donors (Lipinski definition) is 1. The molecule has 1 N–H and O–H groups in total. The van der Waals surface area contributed by atoms with Crippen molar-refractivity contribution in [3.05, 3.63) is 57.8 Å². The summed E-state index contributed by atoms with van der Waals surface area (Å²) in [4.78, 5) is 28.6. The molecule has 1 aromatic carbocycles. The molecule has 0 aliphatic carbocycles. The maximum atomic E-state index is 13.1. The van der Waals surface area contributed by atoms with Crippen molar-refractivity contribution in [3.8, 4) is 0 Å². The van der Waals surface area contributed by atoms with E-state index < -0.39 is 0 Å². The first-order valence-corrected chi connectivity index (χ1v) is 10.1. The van der Waals surface area contributed by atoms with E-state index in [1.807, 2.05) is 49.1 Å². The van der Waals surface area contributed by atoms with Crippen molar-refractivity contribution in [1.82, 2.24) is 10.2 Å². The van der Waals surface area contributed by atoms with Gasteiger partial charge in [0.05, 0.1) is 5.92 Å². The van der Waals surface area contributed by atoms with Crippen LogP contribution in [0.15, 0.2) is 41.8 Å². The van der Waals surface area contributed by atoms with Gasteiger partial charge in [0.15, 0.2) is 0 Å². The third kappa shape index (κ3) is 4.52. The highest BCUT2D eigenvalue weighted by molar-refractivity contribution is 7.09. The Bertz CT molecular complexity index is 755. The Morgan fingerprint density at radius 2 is 2.04 bits per heavy atom. The Labute approximate surface area is 159 Å². The summed E-state index contributed by atoms with van der Waals surface area (Å²) in [7, 11) is 0. The highest BCUT2D eigenvalue weighted by atomic mass is 32.1. The van der Waals surface area contributed by atoms with Crippen LogP contribution in [-0.4, -0.2) is 35.8 Å². The predicted molar refractivity (Wildman–Crippen MR) is 105 cm³/mol. The van der Waals surface area contributed by atoms with Crippen molar-refractivity contribution in [3.63, 3.8) is 0 Å². The molecule has 1 atom stereocenters. The number of carbonyl (C=O) groups excluding carboxylic acids is 2. The minimum Gasteiger partial charge on any atom is -0.354 e. The second-order valence-electron chi connectivity index (χ2n) is 7.17. The lowest BCUT2D eigenvalue weighted by atomic mass is 9.95. The van der Waals surface area contributed by atoms with Crippen LogP contribution in [0.2, 0.25) is 0 Å². The number of carbonyl (C=O) groups is 2. The number of amides is 2. The summed E-state index contributed by atoms with van der Waals surface area (Å²) in [6, 6.07) is 12.1. The molecule has 1 aromatic heterocycles. The van der Waals surface area contributed by atoms with Crippen LogP contribution in [-0.2, 0) is 11.2 Å². The minimum absolute atomic E-state index is 0.0409. The zero-order chi connectivity index (χ0) is 18.5. The van der Waals surface area contributed by atoms with E-state index in [-0.39, 0.29) is 23.8 Å². The summed E-state index contributed by atoms with van der Waals surface area (Å²) < 4.78 is 0. The number of piperidine rings is 1. The molecule has 1 aliphatic heterocycles. The molecule has 0 saturated carbocycles. The first-order valence-electron chi connectivity index (χ1n) is 9.24. The molecule has 1 unspecified atom stereocenters. The number of nitrogens with zero attached hydrogens (tertiary/aromatic N) is 1. The van der Waals surface area contributed by atoms with E-state index in [4.69, 9.17) is 0 Å². The van der Waals surface area contributed by atoms with Gasteiger partial charge in [-0.05, 0) is 49.8 Å². The van der Waals surface area contributed by atoms with E-state index in [0.29, 0.717) is 6.54 Å². The van der Waals surface area contributed by atoms with Crippen molar-refractivity contribution in [2.45, 2.75) is 39.2 Å². The van der Waals surface area contributed by atoms with Gasteiger partial charge in [0.25, 0.3) is 5.91 Å². The minimum atomic E-state index is -0.112. The number of thiophene rings is 1. The quantitative estimate of drug-likeness (QED) is 0.872. The number of rotatable bonds is 5. The van der Waals surface area contributed by atoms with Crippen LogP contribution in [0.3, 0.4) is 0 Å². The Kier molecular flexibility index (Phi) is 6.09. The van der Waals surface area contributed by atoms with Crippen molar-refractivity contribution >= 4 is 23.2 Å². The largest absolute Gasteiger partial charge is 0.354 e. The van der Waals surface area contributed by atoms with Crippen LogP contribution < -0.4 is 5.32 Å². The average Bonchev–Trinajstić information content (AvgIpc) is 3.14. The van der Waals surface area contributed by atoms with Crippen LogP contribution in [0.1, 0.15) is 47.5 Å². The van der Waals surface area contributed by atoms with Gasteiger partial charge in [0, 0.05) is 36.0 Å². The molecular formula is C21H26N2O2S. The monoisotopic (exact) mass is 370 g/mol.